The largest absolute Gasteiger partial charge is 0.497 e. The first-order chi connectivity index (χ1) is 16.3. The number of carbonyl (C=O) groups excluding carboxylic acids is 1. The molecule has 1 amide bonds. The van der Waals surface area contributed by atoms with Crippen LogP contribution in [0.25, 0.3) is 22.2 Å². The summed E-state index contributed by atoms with van der Waals surface area (Å²) in [6.45, 7) is 0.559. The van der Waals surface area contributed by atoms with Crippen LogP contribution >= 0.6 is 0 Å². The van der Waals surface area contributed by atoms with Gasteiger partial charge in [0, 0.05) is 12.1 Å². The summed E-state index contributed by atoms with van der Waals surface area (Å²) in [7, 11) is 1.54. The molecule has 0 aliphatic carbocycles. The van der Waals surface area contributed by atoms with Gasteiger partial charge >= 0.3 is 6.18 Å². The minimum atomic E-state index is -4.47. The second-order valence-electron chi connectivity index (χ2n) is 8.17. The van der Waals surface area contributed by atoms with Gasteiger partial charge in [-0.3, -0.25) is 4.79 Å². The van der Waals surface area contributed by atoms with Crippen LogP contribution in [0.3, 0.4) is 0 Å². The normalized spacial score (nSPS) is 16.2. The van der Waals surface area contributed by atoms with Gasteiger partial charge in [-0.25, -0.2) is 4.98 Å². The highest BCUT2D eigenvalue weighted by Gasteiger charge is 2.35. The molecular weight excluding hydrogens is 445 g/mol. The molecule has 0 N–H and O–H groups in total. The number of amides is 1. The Kier molecular flexibility index (Phi) is 5.51. The molecule has 0 spiro atoms. The van der Waals surface area contributed by atoms with E-state index < -0.39 is 11.7 Å². The van der Waals surface area contributed by atoms with Gasteiger partial charge in [0.2, 0.25) is 5.89 Å². The number of ether oxygens (including phenoxy) is 1. The molecule has 5 rings (SSSR count). The number of benzene rings is 3. The number of aromatic nitrogens is 1. The molecule has 0 unspecified atom stereocenters. The number of hydrogen-bond donors (Lipinski definition) is 0. The van der Waals surface area contributed by atoms with E-state index in [0.717, 1.165) is 12.5 Å². The van der Waals surface area contributed by atoms with E-state index in [9.17, 15) is 18.0 Å². The van der Waals surface area contributed by atoms with Crippen LogP contribution in [0, 0.1) is 0 Å². The molecule has 4 aromatic rings. The highest BCUT2D eigenvalue weighted by atomic mass is 19.4. The molecule has 0 saturated carbocycles. The maximum Gasteiger partial charge on any atom is 0.417 e. The quantitative estimate of drug-likeness (QED) is 0.345. The molecule has 1 fully saturated rings. The van der Waals surface area contributed by atoms with Crippen molar-refractivity contribution in [3.8, 4) is 16.9 Å². The van der Waals surface area contributed by atoms with Gasteiger partial charge in [-0.2, -0.15) is 13.2 Å². The predicted octanol–water partition coefficient (Wildman–Crippen LogP) is 6.50. The number of halogens is 3. The third-order valence-corrected chi connectivity index (χ3v) is 6.06. The van der Waals surface area contributed by atoms with E-state index in [4.69, 9.17) is 9.15 Å². The minimum absolute atomic E-state index is 0.0807. The average Bonchev–Trinajstić information content (AvgIpc) is 3.49. The number of likely N-dealkylation sites (tertiary alicyclic amines) is 1. The second kappa shape index (κ2) is 8.52. The fraction of sp³-hybridized carbons (Fsp3) is 0.231. The number of alkyl halides is 3. The van der Waals surface area contributed by atoms with Crippen LogP contribution in [0.5, 0.6) is 5.75 Å². The fourth-order valence-electron chi connectivity index (χ4n) is 4.43. The smallest absolute Gasteiger partial charge is 0.417 e. The SMILES string of the molecule is COc1cccc(C(=O)N2CCC[C@H]2c2nc3cc(-c4ccccc4C(F)(F)F)ccc3o2)c1. The molecule has 5 nitrogen and oxygen atoms in total. The molecule has 34 heavy (non-hydrogen) atoms. The molecule has 2 heterocycles. The molecule has 1 aliphatic heterocycles. The first-order valence-corrected chi connectivity index (χ1v) is 10.9. The Morgan fingerprint density at radius 1 is 1.09 bits per heavy atom. The Hall–Kier alpha value is -3.81. The first kappa shape index (κ1) is 22.0. The zero-order valence-corrected chi connectivity index (χ0v) is 18.3. The standard InChI is InChI=1S/C26H21F3N2O3/c1-33-18-7-4-6-17(14-18)25(32)31-13-5-10-22(31)24-30-21-15-16(11-12-23(21)34-24)19-8-2-3-9-20(19)26(27,28)29/h2-4,6-9,11-12,14-15,22H,5,10,13H2,1H3/t22-/m0/s1. The Balaban J connectivity index is 1.48. The summed E-state index contributed by atoms with van der Waals surface area (Å²) in [5, 5.41) is 0. The summed E-state index contributed by atoms with van der Waals surface area (Å²) in [5.41, 5.74) is 1.19. The van der Waals surface area contributed by atoms with Crippen molar-refractivity contribution in [3.63, 3.8) is 0 Å². The lowest BCUT2D eigenvalue weighted by molar-refractivity contribution is -0.137. The summed E-state index contributed by atoms with van der Waals surface area (Å²) < 4.78 is 51.6. The Morgan fingerprint density at radius 3 is 2.71 bits per heavy atom. The third kappa shape index (κ3) is 4.00. The Bertz CT molecular complexity index is 1360. The van der Waals surface area contributed by atoms with Gasteiger partial charge in [-0.15, -0.1) is 0 Å². The first-order valence-electron chi connectivity index (χ1n) is 10.9. The van der Waals surface area contributed by atoms with Gasteiger partial charge < -0.3 is 14.1 Å². The zero-order valence-electron chi connectivity index (χ0n) is 18.3. The number of hydrogen-bond acceptors (Lipinski definition) is 4. The average molecular weight is 466 g/mol. The molecule has 8 heteroatoms. The molecule has 0 radical (unpaired) electrons. The molecular formula is C26H21F3N2O3. The van der Waals surface area contributed by atoms with Gasteiger partial charge in [-0.1, -0.05) is 30.3 Å². The van der Waals surface area contributed by atoms with Crippen molar-refractivity contribution >= 4 is 17.0 Å². The van der Waals surface area contributed by atoms with Crippen molar-refractivity contribution in [1.82, 2.24) is 9.88 Å². The van der Waals surface area contributed by atoms with E-state index in [1.165, 1.54) is 12.1 Å². The molecule has 1 aromatic heterocycles. The van der Waals surface area contributed by atoms with Crippen LogP contribution < -0.4 is 4.74 Å². The Labute approximate surface area is 193 Å². The third-order valence-electron chi connectivity index (χ3n) is 6.06. The number of fused-ring (bicyclic) bond motifs is 1. The molecule has 1 saturated heterocycles. The van der Waals surface area contributed by atoms with Crippen molar-refractivity contribution in [1.29, 1.82) is 0 Å². The summed E-state index contributed by atoms with van der Waals surface area (Å²) in [6.07, 6.45) is -2.99. The lowest BCUT2D eigenvalue weighted by Gasteiger charge is -2.22. The van der Waals surface area contributed by atoms with Crippen LogP contribution in [0.2, 0.25) is 0 Å². The Morgan fingerprint density at radius 2 is 1.91 bits per heavy atom. The second-order valence-corrected chi connectivity index (χ2v) is 8.17. The number of carbonyl (C=O) groups is 1. The predicted molar refractivity (Wildman–Crippen MR) is 120 cm³/mol. The van der Waals surface area contributed by atoms with Gasteiger partial charge in [0.15, 0.2) is 5.58 Å². The van der Waals surface area contributed by atoms with Crippen LogP contribution in [-0.2, 0) is 6.18 Å². The van der Waals surface area contributed by atoms with Gasteiger partial charge in [-0.05, 0) is 60.4 Å². The highest BCUT2D eigenvalue weighted by molar-refractivity contribution is 5.95. The number of oxazole rings is 1. The fourth-order valence-corrected chi connectivity index (χ4v) is 4.43. The van der Waals surface area contributed by atoms with E-state index in [1.807, 2.05) is 0 Å². The zero-order chi connectivity index (χ0) is 23.9. The monoisotopic (exact) mass is 466 g/mol. The highest BCUT2D eigenvalue weighted by Crippen LogP contribution is 2.39. The topological polar surface area (TPSA) is 55.6 Å². The van der Waals surface area contributed by atoms with E-state index >= 15 is 0 Å². The van der Waals surface area contributed by atoms with Crippen molar-refractivity contribution in [2.24, 2.45) is 0 Å². The van der Waals surface area contributed by atoms with Crippen molar-refractivity contribution in [2.75, 3.05) is 13.7 Å². The summed E-state index contributed by atoms with van der Waals surface area (Å²) >= 11 is 0. The van der Waals surface area contributed by atoms with Crippen LogP contribution in [0.15, 0.2) is 71.1 Å². The van der Waals surface area contributed by atoms with Crippen LogP contribution in [0.4, 0.5) is 13.2 Å². The lowest BCUT2D eigenvalue weighted by Crippen LogP contribution is -2.30. The molecule has 174 valence electrons. The number of methoxy groups -OCH3 is 1. The van der Waals surface area contributed by atoms with E-state index in [1.54, 1.807) is 60.5 Å². The molecule has 3 aromatic carbocycles. The molecule has 1 aliphatic rings. The minimum Gasteiger partial charge on any atom is -0.497 e. The van der Waals surface area contributed by atoms with E-state index in [0.29, 0.717) is 46.8 Å². The van der Waals surface area contributed by atoms with Crippen LogP contribution in [0.1, 0.15) is 40.7 Å². The summed E-state index contributed by atoms with van der Waals surface area (Å²) in [4.78, 5) is 19.5. The number of nitrogens with zero attached hydrogens (tertiary/aromatic N) is 2. The molecule has 1 atom stereocenters. The van der Waals surface area contributed by atoms with Crippen molar-refractivity contribution < 1.29 is 27.1 Å². The van der Waals surface area contributed by atoms with Crippen molar-refractivity contribution in [3.05, 3.63) is 83.7 Å². The van der Waals surface area contributed by atoms with Crippen molar-refractivity contribution in [2.45, 2.75) is 25.1 Å². The van der Waals surface area contributed by atoms with Gasteiger partial charge in [0.05, 0.1) is 12.7 Å². The lowest BCUT2D eigenvalue weighted by atomic mass is 9.99. The molecule has 0 bridgehead atoms. The van der Waals surface area contributed by atoms with Gasteiger partial charge in [0.25, 0.3) is 5.91 Å². The van der Waals surface area contributed by atoms with E-state index in [2.05, 4.69) is 4.98 Å². The summed E-state index contributed by atoms with van der Waals surface area (Å²) in [6, 6.07) is 16.9. The maximum absolute atomic E-state index is 13.5. The van der Waals surface area contributed by atoms with E-state index in [-0.39, 0.29) is 17.5 Å². The number of rotatable bonds is 4. The summed E-state index contributed by atoms with van der Waals surface area (Å²) in [5.74, 6) is 0.823. The van der Waals surface area contributed by atoms with Gasteiger partial charge in [0.1, 0.15) is 17.3 Å². The van der Waals surface area contributed by atoms with Crippen LogP contribution in [-0.4, -0.2) is 29.4 Å². The maximum atomic E-state index is 13.5.